The molecular formula is C11H17IO2. The Hall–Kier alpha value is -0.0600. The number of hydrogen-bond donors (Lipinski definition) is 0. The van der Waals surface area contributed by atoms with E-state index in [1.807, 2.05) is 20.8 Å². The Morgan fingerprint density at radius 3 is 2.71 bits per heavy atom. The summed E-state index contributed by atoms with van der Waals surface area (Å²) in [6.45, 7) is 5.71. The summed E-state index contributed by atoms with van der Waals surface area (Å²) >= 11 is 2.32. The minimum atomic E-state index is -0.356. The smallest absolute Gasteiger partial charge is 0.306 e. The van der Waals surface area contributed by atoms with Crippen LogP contribution in [0.1, 0.15) is 40.0 Å². The van der Waals surface area contributed by atoms with Gasteiger partial charge in [0.05, 0.1) is 6.42 Å². The predicted molar refractivity (Wildman–Crippen MR) is 65.3 cm³/mol. The second-order valence-corrected chi connectivity index (χ2v) is 5.90. The van der Waals surface area contributed by atoms with E-state index in [0.717, 1.165) is 12.8 Å². The molecule has 1 aliphatic rings. The lowest BCUT2D eigenvalue weighted by Crippen LogP contribution is -2.25. The second kappa shape index (κ2) is 4.64. The van der Waals surface area contributed by atoms with Crippen LogP contribution in [0.3, 0.4) is 0 Å². The van der Waals surface area contributed by atoms with Crippen LogP contribution in [0, 0.1) is 5.92 Å². The maximum Gasteiger partial charge on any atom is 0.306 e. The van der Waals surface area contributed by atoms with Gasteiger partial charge in [0.2, 0.25) is 0 Å². The van der Waals surface area contributed by atoms with Crippen LogP contribution in [0.25, 0.3) is 0 Å². The van der Waals surface area contributed by atoms with Crippen molar-refractivity contribution in [3.63, 3.8) is 0 Å². The summed E-state index contributed by atoms with van der Waals surface area (Å²) in [4.78, 5) is 11.5. The molecule has 0 heterocycles. The van der Waals surface area contributed by atoms with Gasteiger partial charge >= 0.3 is 5.97 Å². The predicted octanol–water partition coefficient (Wildman–Crippen LogP) is 3.45. The number of ether oxygens (including phenoxy) is 1. The zero-order valence-electron chi connectivity index (χ0n) is 8.97. The molecule has 0 radical (unpaired) electrons. The standard InChI is InChI=1S/C11H17IO2/c1-11(2,3)14-10(13)7-8-5-4-6-9(8)12/h6,8H,4-5,7H2,1-3H3. The summed E-state index contributed by atoms with van der Waals surface area (Å²) < 4.78 is 6.59. The molecule has 1 atom stereocenters. The molecule has 0 aromatic heterocycles. The summed E-state index contributed by atoms with van der Waals surface area (Å²) in [6, 6.07) is 0. The number of esters is 1. The molecule has 0 aliphatic heterocycles. The molecule has 0 saturated carbocycles. The summed E-state index contributed by atoms with van der Waals surface area (Å²) in [5.74, 6) is 0.331. The minimum absolute atomic E-state index is 0.0769. The molecule has 0 spiro atoms. The molecule has 3 heteroatoms. The lowest BCUT2D eigenvalue weighted by molar-refractivity contribution is -0.155. The maximum absolute atomic E-state index is 11.5. The SMILES string of the molecule is CC(C)(C)OC(=O)CC1CCC=C1I. The van der Waals surface area contributed by atoms with Crippen molar-refractivity contribution >= 4 is 28.6 Å². The minimum Gasteiger partial charge on any atom is -0.460 e. The average Bonchev–Trinajstić information content (AvgIpc) is 2.32. The highest BCUT2D eigenvalue weighted by Crippen LogP contribution is 2.33. The van der Waals surface area contributed by atoms with Crippen molar-refractivity contribution in [2.24, 2.45) is 5.92 Å². The van der Waals surface area contributed by atoms with Crippen LogP contribution in [-0.4, -0.2) is 11.6 Å². The third kappa shape index (κ3) is 3.98. The molecule has 1 aliphatic carbocycles. The highest BCUT2D eigenvalue weighted by atomic mass is 127. The van der Waals surface area contributed by atoms with E-state index in [1.54, 1.807) is 0 Å². The Balaban J connectivity index is 2.38. The van der Waals surface area contributed by atoms with E-state index < -0.39 is 0 Å². The highest BCUT2D eigenvalue weighted by Gasteiger charge is 2.23. The quantitative estimate of drug-likeness (QED) is 0.577. The van der Waals surface area contributed by atoms with Gasteiger partial charge in [0.25, 0.3) is 0 Å². The third-order valence-electron chi connectivity index (χ3n) is 2.08. The zero-order chi connectivity index (χ0) is 10.8. The van der Waals surface area contributed by atoms with Crippen LogP contribution in [0.2, 0.25) is 0 Å². The maximum atomic E-state index is 11.5. The summed E-state index contributed by atoms with van der Waals surface area (Å²) in [7, 11) is 0. The first-order valence-electron chi connectivity index (χ1n) is 4.96. The molecule has 80 valence electrons. The Kier molecular flexibility index (Phi) is 3.98. The van der Waals surface area contributed by atoms with Crippen molar-refractivity contribution < 1.29 is 9.53 Å². The fourth-order valence-electron chi connectivity index (χ4n) is 1.51. The van der Waals surface area contributed by atoms with E-state index in [1.165, 1.54) is 3.58 Å². The molecule has 0 saturated heterocycles. The molecule has 0 N–H and O–H groups in total. The Labute approximate surface area is 99.2 Å². The van der Waals surface area contributed by atoms with Crippen molar-refractivity contribution in [1.82, 2.24) is 0 Å². The summed E-state index contributed by atoms with van der Waals surface area (Å²) in [5.41, 5.74) is -0.356. The average molecular weight is 308 g/mol. The first-order valence-corrected chi connectivity index (χ1v) is 6.04. The van der Waals surface area contributed by atoms with Gasteiger partial charge in [0.1, 0.15) is 5.60 Å². The normalized spacial score (nSPS) is 22.0. The van der Waals surface area contributed by atoms with Crippen LogP contribution >= 0.6 is 22.6 Å². The van der Waals surface area contributed by atoms with Crippen molar-refractivity contribution in [3.8, 4) is 0 Å². The topological polar surface area (TPSA) is 26.3 Å². The van der Waals surface area contributed by atoms with Crippen LogP contribution in [0.4, 0.5) is 0 Å². The van der Waals surface area contributed by atoms with E-state index in [0.29, 0.717) is 12.3 Å². The van der Waals surface area contributed by atoms with Crippen LogP contribution < -0.4 is 0 Å². The number of halogens is 1. The van der Waals surface area contributed by atoms with Crippen molar-refractivity contribution in [1.29, 1.82) is 0 Å². The van der Waals surface area contributed by atoms with Crippen LogP contribution in [-0.2, 0) is 9.53 Å². The van der Waals surface area contributed by atoms with Crippen molar-refractivity contribution in [2.45, 2.75) is 45.6 Å². The van der Waals surface area contributed by atoms with Gasteiger partial charge in [-0.15, -0.1) is 0 Å². The van der Waals surface area contributed by atoms with Crippen molar-refractivity contribution in [3.05, 3.63) is 9.66 Å². The van der Waals surface area contributed by atoms with E-state index in [-0.39, 0.29) is 11.6 Å². The van der Waals surface area contributed by atoms with E-state index >= 15 is 0 Å². The Morgan fingerprint density at radius 1 is 1.64 bits per heavy atom. The van der Waals surface area contributed by atoms with Gasteiger partial charge in [-0.3, -0.25) is 4.79 Å². The lowest BCUT2D eigenvalue weighted by Gasteiger charge is -2.20. The van der Waals surface area contributed by atoms with Gasteiger partial charge in [-0.1, -0.05) is 6.08 Å². The Morgan fingerprint density at radius 2 is 2.29 bits per heavy atom. The molecule has 0 bridgehead atoms. The van der Waals surface area contributed by atoms with Crippen LogP contribution in [0.15, 0.2) is 9.66 Å². The summed E-state index contributed by atoms with van der Waals surface area (Å²) in [5, 5.41) is 0. The molecule has 0 aromatic carbocycles. The molecular weight excluding hydrogens is 291 g/mol. The molecule has 2 nitrogen and oxygen atoms in total. The zero-order valence-corrected chi connectivity index (χ0v) is 11.1. The molecule has 1 rings (SSSR count). The fourth-order valence-corrected chi connectivity index (χ4v) is 2.35. The Bertz CT molecular complexity index is 251. The number of rotatable bonds is 2. The van der Waals surface area contributed by atoms with Gasteiger partial charge in [0.15, 0.2) is 0 Å². The molecule has 14 heavy (non-hydrogen) atoms. The van der Waals surface area contributed by atoms with Gasteiger partial charge in [0, 0.05) is 5.92 Å². The van der Waals surface area contributed by atoms with E-state index in [2.05, 4.69) is 28.7 Å². The number of carbonyl (C=O) groups is 1. The lowest BCUT2D eigenvalue weighted by atomic mass is 10.1. The first kappa shape index (κ1) is 12.0. The molecule has 0 fully saturated rings. The largest absolute Gasteiger partial charge is 0.460 e. The molecule has 0 aromatic rings. The van der Waals surface area contributed by atoms with E-state index in [9.17, 15) is 4.79 Å². The van der Waals surface area contributed by atoms with Gasteiger partial charge in [-0.05, 0) is 59.8 Å². The monoisotopic (exact) mass is 308 g/mol. The van der Waals surface area contributed by atoms with Gasteiger partial charge in [-0.25, -0.2) is 0 Å². The van der Waals surface area contributed by atoms with E-state index in [4.69, 9.17) is 4.74 Å². The number of hydrogen-bond acceptors (Lipinski definition) is 2. The fraction of sp³-hybridized carbons (Fsp3) is 0.727. The molecule has 1 unspecified atom stereocenters. The summed E-state index contributed by atoms with van der Waals surface area (Å²) in [6.07, 6.45) is 4.94. The highest BCUT2D eigenvalue weighted by molar-refractivity contribution is 14.1. The van der Waals surface area contributed by atoms with Gasteiger partial charge in [-0.2, -0.15) is 0 Å². The van der Waals surface area contributed by atoms with Gasteiger partial charge < -0.3 is 4.74 Å². The second-order valence-electron chi connectivity index (χ2n) is 4.65. The number of allylic oxidation sites excluding steroid dienone is 2. The third-order valence-corrected chi connectivity index (χ3v) is 3.40. The molecule has 0 amide bonds. The van der Waals surface area contributed by atoms with Crippen LogP contribution in [0.5, 0.6) is 0 Å². The number of carbonyl (C=O) groups excluding carboxylic acids is 1. The van der Waals surface area contributed by atoms with Crippen molar-refractivity contribution in [2.75, 3.05) is 0 Å². The first-order chi connectivity index (χ1) is 6.38.